The second kappa shape index (κ2) is 9.24. The van der Waals surface area contributed by atoms with Gasteiger partial charge in [0.1, 0.15) is 9.90 Å². The van der Waals surface area contributed by atoms with Gasteiger partial charge in [0, 0.05) is 31.1 Å². The fourth-order valence-corrected chi connectivity index (χ4v) is 4.65. The molecule has 0 unspecified atom stereocenters. The van der Waals surface area contributed by atoms with Crippen molar-refractivity contribution in [1.82, 2.24) is 15.3 Å². The molecule has 0 saturated carbocycles. The molecule has 0 bridgehead atoms. The standard InChI is InChI=1S/C22H23ClN6O3S/c1-11-12(2)33-18(20(30)24-3)17(11)27-19-15(23)10-25-21(28-19)26-14-5-6-16-13(9-14)7-8-32-22(31)29(16)4/h5-6,9-10H,7-8H2,1-4H3,(H,24,30)(H2,25,26,27,28). The van der Waals surface area contributed by atoms with Crippen molar-refractivity contribution in [2.24, 2.45) is 0 Å². The predicted molar refractivity (Wildman–Crippen MR) is 131 cm³/mol. The largest absolute Gasteiger partial charge is 0.449 e. The van der Waals surface area contributed by atoms with Crippen LogP contribution < -0.4 is 20.9 Å². The summed E-state index contributed by atoms with van der Waals surface area (Å²) in [6.07, 6.45) is 1.73. The molecule has 0 radical (unpaired) electrons. The Balaban J connectivity index is 1.61. The molecule has 2 amide bonds. The number of aromatic nitrogens is 2. The molecule has 3 N–H and O–H groups in total. The van der Waals surface area contributed by atoms with E-state index in [1.807, 2.05) is 32.0 Å². The van der Waals surface area contributed by atoms with Crippen LogP contribution >= 0.6 is 22.9 Å². The van der Waals surface area contributed by atoms with Crippen LogP contribution in [-0.4, -0.2) is 42.7 Å². The minimum atomic E-state index is -0.374. The van der Waals surface area contributed by atoms with E-state index >= 15 is 0 Å². The molecular formula is C22H23ClN6O3S. The van der Waals surface area contributed by atoms with Gasteiger partial charge < -0.3 is 20.7 Å². The van der Waals surface area contributed by atoms with Crippen LogP contribution in [0.5, 0.6) is 0 Å². The van der Waals surface area contributed by atoms with Crippen molar-refractivity contribution in [3.05, 3.63) is 50.3 Å². The smallest absolute Gasteiger partial charge is 0.414 e. The van der Waals surface area contributed by atoms with Gasteiger partial charge in [-0.1, -0.05) is 11.6 Å². The molecule has 1 aliphatic heterocycles. The Morgan fingerprint density at radius 2 is 2.06 bits per heavy atom. The number of carbonyl (C=O) groups excluding carboxylic acids is 2. The van der Waals surface area contributed by atoms with E-state index in [0.29, 0.717) is 40.4 Å². The van der Waals surface area contributed by atoms with Gasteiger partial charge in [0.2, 0.25) is 5.95 Å². The summed E-state index contributed by atoms with van der Waals surface area (Å²) < 4.78 is 5.18. The van der Waals surface area contributed by atoms with Crippen molar-refractivity contribution >= 4 is 63.8 Å². The van der Waals surface area contributed by atoms with Crippen LogP contribution in [0.25, 0.3) is 0 Å². The molecule has 2 aromatic heterocycles. The lowest BCUT2D eigenvalue weighted by Crippen LogP contribution is -2.25. The lowest BCUT2D eigenvalue weighted by molar-refractivity contribution is 0.0967. The van der Waals surface area contributed by atoms with Gasteiger partial charge in [-0.05, 0) is 43.2 Å². The molecule has 0 atom stereocenters. The average molecular weight is 487 g/mol. The molecule has 0 saturated heterocycles. The number of ether oxygens (including phenoxy) is 1. The number of hydrogen-bond donors (Lipinski definition) is 3. The predicted octanol–water partition coefficient (Wildman–Crippen LogP) is 4.78. The third-order valence-corrected chi connectivity index (χ3v) is 6.86. The zero-order valence-corrected chi connectivity index (χ0v) is 20.1. The lowest BCUT2D eigenvalue weighted by atomic mass is 10.1. The number of aryl methyl sites for hydroxylation is 1. The summed E-state index contributed by atoms with van der Waals surface area (Å²) in [4.78, 5) is 36.1. The minimum absolute atomic E-state index is 0.181. The Hall–Kier alpha value is -3.37. The third-order valence-electron chi connectivity index (χ3n) is 5.37. The lowest BCUT2D eigenvalue weighted by Gasteiger charge is -2.17. The normalized spacial score (nSPS) is 13.1. The number of amides is 2. The first-order valence-corrected chi connectivity index (χ1v) is 11.4. The van der Waals surface area contributed by atoms with E-state index in [2.05, 4.69) is 25.9 Å². The molecule has 0 aliphatic carbocycles. The zero-order chi connectivity index (χ0) is 23.7. The van der Waals surface area contributed by atoms with Gasteiger partial charge in [-0.25, -0.2) is 9.78 Å². The number of benzene rings is 1. The molecule has 4 rings (SSSR count). The summed E-state index contributed by atoms with van der Waals surface area (Å²) in [6, 6.07) is 5.64. The fraction of sp³-hybridized carbons (Fsp3) is 0.273. The van der Waals surface area contributed by atoms with Gasteiger partial charge in [0.15, 0.2) is 5.82 Å². The van der Waals surface area contributed by atoms with E-state index in [4.69, 9.17) is 16.3 Å². The molecule has 11 heteroatoms. The van der Waals surface area contributed by atoms with Crippen molar-refractivity contribution in [1.29, 1.82) is 0 Å². The van der Waals surface area contributed by atoms with Crippen LogP contribution in [0.4, 0.5) is 33.6 Å². The number of fused-ring (bicyclic) bond motifs is 1. The number of cyclic esters (lactones) is 1. The van der Waals surface area contributed by atoms with E-state index < -0.39 is 0 Å². The molecule has 33 heavy (non-hydrogen) atoms. The molecule has 3 heterocycles. The van der Waals surface area contributed by atoms with E-state index in [-0.39, 0.29) is 12.0 Å². The van der Waals surface area contributed by atoms with Crippen LogP contribution in [0.15, 0.2) is 24.4 Å². The van der Waals surface area contributed by atoms with Gasteiger partial charge in [0.25, 0.3) is 5.91 Å². The summed E-state index contributed by atoms with van der Waals surface area (Å²) in [5.41, 5.74) is 4.15. The number of thiophene rings is 1. The maximum Gasteiger partial charge on any atom is 0.414 e. The Morgan fingerprint density at radius 1 is 1.27 bits per heavy atom. The van der Waals surface area contributed by atoms with Gasteiger partial charge >= 0.3 is 6.09 Å². The summed E-state index contributed by atoms with van der Waals surface area (Å²) in [5, 5.41) is 9.37. The molecule has 3 aromatic rings. The van der Waals surface area contributed by atoms with Crippen molar-refractivity contribution in [3.8, 4) is 0 Å². The molecule has 0 spiro atoms. The highest BCUT2D eigenvalue weighted by atomic mass is 35.5. The molecule has 0 fully saturated rings. The quantitative estimate of drug-likeness (QED) is 0.476. The first kappa shape index (κ1) is 22.8. The number of halogens is 1. The average Bonchev–Trinajstić information content (AvgIpc) is 3.00. The second-order valence-corrected chi connectivity index (χ2v) is 9.11. The van der Waals surface area contributed by atoms with E-state index in [1.54, 1.807) is 14.1 Å². The summed E-state index contributed by atoms with van der Waals surface area (Å²) >= 11 is 7.76. The van der Waals surface area contributed by atoms with Gasteiger partial charge in [0.05, 0.1) is 24.2 Å². The highest BCUT2D eigenvalue weighted by Gasteiger charge is 2.21. The highest BCUT2D eigenvalue weighted by molar-refractivity contribution is 7.14. The number of rotatable bonds is 5. The summed E-state index contributed by atoms with van der Waals surface area (Å²) in [7, 11) is 3.28. The maximum absolute atomic E-state index is 12.3. The second-order valence-electron chi connectivity index (χ2n) is 7.47. The Labute approximate surface area is 200 Å². The maximum atomic E-state index is 12.3. The van der Waals surface area contributed by atoms with E-state index in [0.717, 1.165) is 27.4 Å². The van der Waals surface area contributed by atoms with Gasteiger partial charge in [-0.3, -0.25) is 9.69 Å². The Kier molecular flexibility index (Phi) is 6.39. The van der Waals surface area contributed by atoms with Crippen LogP contribution in [-0.2, 0) is 11.2 Å². The molecule has 9 nitrogen and oxygen atoms in total. The first-order chi connectivity index (χ1) is 15.8. The molecule has 1 aliphatic rings. The third kappa shape index (κ3) is 4.57. The highest BCUT2D eigenvalue weighted by Crippen LogP contribution is 2.36. The topological polar surface area (TPSA) is 108 Å². The van der Waals surface area contributed by atoms with E-state index in [9.17, 15) is 9.59 Å². The van der Waals surface area contributed by atoms with Crippen LogP contribution in [0.1, 0.15) is 25.7 Å². The monoisotopic (exact) mass is 486 g/mol. The van der Waals surface area contributed by atoms with Crippen molar-refractivity contribution in [3.63, 3.8) is 0 Å². The number of anilines is 5. The van der Waals surface area contributed by atoms with Gasteiger partial charge in [-0.2, -0.15) is 4.98 Å². The van der Waals surface area contributed by atoms with Crippen molar-refractivity contribution < 1.29 is 14.3 Å². The van der Waals surface area contributed by atoms with Crippen molar-refractivity contribution in [2.45, 2.75) is 20.3 Å². The van der Waals surface area contributed by atoms with Gasteiger partial charge in [-0.15, -0.1) is 11.3 Å². The molecular weight excluding hydrogens is 464 g/mol. The zero-order valence-electron chi connectivity index (χ0n) is 18.6. The Bertz CT molecular complexity index is 1250. The number of carbonyl (C=O) groups is 2. The number of nitrogens with one attached hydrogen (secondary N) is 3. The van der Waals surface area contributed by atoms with Crippen LogP contribution in [0.2, 0.25) is 5.02 Å². The summed E-state index contributed by atoms with van der Waals surface area (Å²) in [5.74, 6) is 0.538. The Morgan fingerprint density at radius 3 is 2.82 bits per heavy atom. The number of hydrogen-bond acceptors (Lipinski definition) is 8. The van der Waals surface area contributed by atoms with Crippen molar-refractivity contribution in [2.75, 3.05) is 36.2 Å². The first-order valence-electron chi connectivity index (χ1n) is 10.2. The SMILES string of the molecule is CNC(=O)c1sc(C)c(C)c1Nc1nc(Nc2ccc3c(c2)CCOC(=O)N3C)ncc1Cl. The molecule has 1 aromatic carbocycles. The fourth-order valence-electron chi connectivity index (χ4n) is 3.45. The number of nitrogens with zero attached hydrogens (tertiary/aromatic N) is 3. The molecule has 172 valence electrons. The van der Waals surface area contributed by atoms with Crippen LogP contribution in [0, 0.1) is 13.8 Å². The minimum Gasteiger partial charge on any atom is -0.449 e. The van der Waals surface area contributed by atoms with Crippen LogP contribution in [0.3, 0.4) is 0 Å². The van der Waals surface area contributed by atoms with E-state index in [1.165, 1.54) is 22.4 Å². The summed E-state index contributed by atoms with van der Waals surface area (Å²) in [6.45, 7) is 4.22.